The molecule has 0 saturated heterocycles. The van der Waals surface area contributed by atoms with Crippen molar-refractivity contribution >= 4 is 0 Å². The first-order chi connectivity index (χ1) is 5.68. The minimum atomic E-state index is 0. The van der Waals surface area contributed by atoms with Crippen molar-refractivity contribution in [1.29, 1.82) is 0 Å². The van der Waals surface area contributed by atoms with E-state index in [-0.39, 0.29) is 7.43 Å². The van der Waals surface area contributed by atoms with Crippen LogP contribution in [-0.4, -0.2) is 0 Å². The second-order valence-corrected chi connectivity index (χ2v) is 5.06. The molecule has 80 valence electrons. The van der Waals surface area contributed by atoms with Crippen LogP contribution >= 0.6 is 0 Å². The first kappa shape index (κ1) is 13.0. The van der Waals surface area contributed by atoms with Gasteiger partial charge < -0.3 is 0 Å². The zero-order chi connectivity index (χ0) is 9.03. The average molecular weight is 184 g/mol. The Morgan fingerprint density at radius 1 is 1.15 bits per heavy atom. The van der Waals surface area contributed by atoms with Gasteiger partial charge in [0.2, 0.25) is 0 Å². The van der Waals surface area contributed by atoms with Crippen molar-refractivity contribution in [3.63, 3.8) is 0 Å². The van der Waals surface area contributed by atoms with Gasteiger partial charge >= 0.3 is 0 Å². The molecular weight excluding hydrogens is 156 g/mol. The molecule has 0 N–H and O–H groups in total. The van der Waals surface area contributed by atoms with E-state index in [9.17, 15) is 0 Å². The van der Waals surface area contributed by atoms with Crippen LogP contribution in [-0.2, 0) is 0 Å². The molecule has 0 nitrogen and oxygen atoms in total. The van der Waals surface area contributed by atoms with Crippen molar-refractivity contribution in [2.24, 2.45) is 11.3 Å². The molecule has 0 unspecified atom stereocenters. The lowest BCUT2D eigenvalue weighted by atomic mass is 9.75. The smallest absolute Gasteiger partial charge is 0.0295 e. The normalized spacial score (nSPS) is 20.3. The van der Waals surface area contributed by atoms with Crippen molar-refractivity contribution in [2.45, 2.75) is 73.1 Å². The molecule has 13 heavy (non-hydrogen) atoms. The Kier molecular flexibility index (Phi) is 5.67. The van der Waals surface area contributed by atoms with Crippen molar-refractivity contribution < 1.29 is 0 Å². The fraction of sp³-hybridized carbons (Fsp3) is 1.00. The Labute approximate surface area is 85.1 Å². The lowest BCUT2D eigenvalue weighted by Gasteiger charge is -2.30. The quantitative estimate of drug-likeness (QED) is 0.575. The van der Waals surface area contributed by atoms with Crippen LogP contribution in [0.4, 0.5) is 0 Å². The molecule has 1 saturated carbocycles. The highest BCUT2D eigenvalue weighted by atomic mass is 14.4. The fourth-order valence-electron chi connectivity index (χ4n) is 3.08. The SMILES string of the molecule is C.CCCC1(CC(C)C)CCCC1. The molecular formula is C13H28. The minimum absolute atomic E-state index is 0. The van der Waals surface area contributed by atoms with Crippen molar-refractivity contribution in [1.82, 2.24) is 0 Å². The van der Waals surface area contributed by atoms with Gasteiger partial charge in [-0.05, 0) is 37.0 Å². The van der Waals surface area contributed by atoms with Gasteiger partial charge in [0.1, 0.15) is 0 Å². The molecule has 0 spiro atoms. The Bertz CT molecular complexity index is 118. The Hall–Kier alpha value is 0. The highest BCUT2D eigenvalue weighted by molar-refractivity contribution is 4.84. The zero-order valence-corrected chi connectivity index (χ0v) is 9.03. The van der Waals surface area contributed by atoms with Gasteiger partial charge in [-0.15, -0.1) is 0 Å². The molecule has 1 aliphatic carbocycles. The molecule has 0 atom stereocenters. The summed E-state index contributed by atoms with van der Waals surface area (Å²) >= 11 is 0. The molecule has 1 fully saturated rings. The van der Waals surface area contributed by atoms with Gasteiger partial charge in [-0.2, -0.15) is 0 Å². The van der Waals surface area contributed by atoms with E-state index in [1.54, 1.807) is 0 Å². The third-order valence-electron chi connectivity index (χ3n) is 3.29. The van der Waals surface area contributed by atoms with E-state index in [0.29, 0.717) is 0 Å². The Morgan fingerprint density at radius 2 is 1.69 bits per heavy atom. The van der Waals surface area contributed by atoms with Crippen molar-refractivity contribution in [2.75, 3.05) is 0 Å². The maximum atomic E-state index is 2.37. The highest BCUT2D eigenvalue weighted by Crippen LogP contribution is 2.46. The highest BCUT2D eigenvalue weighted by Gasteiger charge is 2.32. The van der Waals surface area contributed by atoms with Gasteiger partial charge in [-0.25, -0.2) is 0 Å². The Morgan fingerprint density at radius 3 is 2.08 bits per heavy atom. The van der Waals surface area contributed by atoms with Crippen molar-refractivity contribution in [3.8, 4) is 0 Å². The van der Waals surface area contributed by atoms with Gasteiger partial charge in [0.25, 0.3) is 0 Å². The second-order valence-electron chi connectivity index (χ2n) is 5.06. The molecule has 1 aliphatic rings. The van der Waals surface area contributed by atoms with Crippen molar-refractivity contribution in [3.05, 3.63) is 0 Å². The van der Waals surface area contributed by atoms with E-state index < -0.39 is 0 Å². The van der Waals surface area contributed by atoms with Gasteiger partial charge in [0.15, 0.2) is 0 Å². The molecule has 0 heteroatoms. The molecule has 0 aromatic carbocycles. The van der Waals surface area contributed by atoms with E-state index in [1.807, 2.05) is 0 Å². The van der Waals surface area contributed by atoms with E-state index in [0.717, 1.165) is 11.3 Å². The van der Waals surface area contributed by atoms with E-state index in [4.69, 9.17) is 0 Å². The van der Waals surface area contributed by atoms with E-state index in [2.05, 4.69) is 20.8 Å². The predicted molar refractivity (Wildman–Crippen MR) is 62.0 cm³/mol. The molecule has 0 aromatic heterocycles. The summed E-state index contributed by atoms with van der Waals surface area (Å²) in [4.78, 5) is 0. The third kappa shape index (κ3) is 3.70. The van der Waals surface area contributed by atoms with Crippen LogP contribution in [0.1, 0.15) is 73.1 Å². The average Bonchev–Trinajstić information content (AvgIpc) is 2.36. The van der Waals surface area contributed by atoms with Gasteiger partial charge in [0.05, 0.1) is 0 Å². The summed E-state index contributed by atoms with van der Waals surface area (Å²) in [5, 5.41) is 0. The maximum Gasteiger partial charge on any atom is -0.0295 e. The molecule has 1 rings (SSSR count). The van der Waals surface area contributed by atoms with Crippen LogP contribution in [0.15, 0.2) is 0 Å². The zero-order valence-electron chi connectivity index (χ0n) is 9.03. The van der Waals surface area contributed by atoms with Gasteiger partial charge in [0, 0.05) is 0 Å². The summed E-state index contributed by atoms with van der Waals surface area (Å²) in [7, 11) is 0. The first-order valence-corrected chi connectivity index (χ1v) is 5.68. The monoisotopic (exact) mass is 184 g/mol. The summed E-state index contributed by atoms with van der Waals surface area (Å²) < 4.78 is 0. The van der Waals surface area contributed by atoms with Gasteiger partial charge in [-0.1, -0.05) is 47.5 Å². The van der Waals surface area contributed by atoms with E-state index >= 15 is 0 Å². The summed E-state index contributed by atoms with van der Waals surface area (Å²) in [6, 6.07) is 0. The second kappa shape index (κ2) is 5.67. The number of hydrogen-bond acceptors (Lipinski definition) is 0. The lowest BCUT2D eigenvalue weighted by Crippen LogP contribution is -2.18. The summed E-state index contributed by atoms with van der Waals surface area (Å²) in [6.07, 6.45) is 10.3. The fourth-order valence-corrected chi connectivity index (χ4v) is 3.08. The molecule has 0 radical (unpaired) electrons. The standard InChI is InChI=1S/C12H24.CH4/c1-4-7-12(10-11(2)3)8-5-6-9-12;/h11H,4-10H2,1-3H3;1H4. The molecule has 0 amide bonds. The van der Waals surface area contributed by atoms with E-state index in [1.165, 1.54) is 44.9 Å². The van der Waals surface area contributed by atoms with Crippen LogP contribution in [0, 0.1) is 11.3 Å². The van der Waals surface area contributed by atoms with Crippen LogP contribution in [0.2, 0.25) is 0 Å². The minimum Gasteiger partial charge on any atom is -0.0776 e. The summed E-state index contributed by atoms with van der Waals surface area (Å²) in [5.74, 6) is 0.898. The van der Waals surface area contributed by atoms with Crippen LogP contribution < -0.4 is 0 Å². The topological polar surface area (TPSA) is 0 Å². The lowest BCUT2D eigenvalue weighted by molar-refractivity contribution is 0.213. The first-order valence-electron chi connectivity index (χ1n) is 5.68. The third-order valence-corrected chi connectivity index (χ3v) is 3.29. The van der Waals surface area contributed by atoms with Crippen LogP contribution in [0.3, 0.4) is 0 Å². The molecule has 0 aliphatic heterocycles. The summed E-state index contributed by atoms with van der Waals surface area (Å²) in [5.41, 5.74) is 0.767. The largest absolute Gasteiger partial charge is 0.0776 e. The molecule has 0 bridgehead atoms. The summed E-state index contributed by atoms with van der Waals surface area (Å²) in [6.45, 7) is 7.08. The predicted octanol–water partition coefficient (Wildman–Crippen LogP) is 5.03. The molecule has 0 aromatic rings. The number of rotatable bonds is 4. The molecule has 0 heterocycles. The number of hydrogen-bond donors (Lipinski definition) is 0. The van der Waals surface area contributed by atoms with Gasteiger partial charge in [-0.3, -0.25) is 0 Å². The van der Waals surface area contributed by atoms with Crippen LogP contribution in [0.5, 0.6) is 0 Å². The Balaban J connectivity index is 0.00000144. The maximum absolute atomic E-state index is 2.37. The van der Waals surface area contributed by atoms with Crippen LogP contribution in [0.25, 0.3) is 0 Å².